The molecule has 2 aliphatic rings. The number of hydrogen-bond donors (Lipinski definition) is 1. The summed E-state index contributed by atoms with van der Waals surface area (Å²) in [7, 11) is 1.62. The summed E-state index contributed by atoms with van der Waals surface area (Å²) in [5.41, 5.74) is 1.39. The van der Waals surface area contributed by atoms with Gasteiger partial charge in [-0.2, -0.15) is 5.10 Å². The molecule has 1 aromatic carbocycles. The maximum atomic E-state index is 12.4. The zero-order valence-corrected chi connectivity index (χ0v) is 13.7. The molecule has 4 rings (SSSR count). The lowest BCUT2D eigenvalue weighted by Crippen LogP contribution is -2.30. The largest absolute Gasteiger partial charge is 0.494 e. The van der Waals surface area contributed by atoms with Crippen LogP contribution in [0.25, 0.3) is 5.69 Å². The number of methoxy groups -OCH3 is 1. The normalized spacial score (nSPS) is 24.3. The lowest BCUT2D eigenvalue weighted by molar-refractivity contribution is 0.0945. The summed E-state index contributed by atoms with van der Waals surface area (Å²) in [5, 5.41) is 7.36. The smallest absolute Gasteiger partial charge is 0.254 e. The van der Waals surface area contributed by atoms with Gasteiger partial charge in [-0.3, -0.25) is 4.79 Å². The van der Waals surface area contributed by atoms with E-state index in [1.165, 1.54) is 12.8 Å². The van der Waals surface area contributed by atoms with Crippen molar-refractivity contribution >= 4 is 5.91 Å². The molecule has 2 bridgehead atoms. The lowest BCUT2D eigenvalue weighted by atomic mass is 9.93. The number of carbonyl (C=O) groups is 1. The molecule has 0 aliphatic heterocycles. The summed E-state index contributed by atoms with van der Waals surface area (Å²) in [5.74, 6) is 2.61. The molecule has 2 aliphatic carbocycles. The number of amides is 1. The molecular formula is C19H21N3O2. The third kappa shape index (κ3) is 2.70. The maximum absolute atomic E-state index is 12.4. The van der Waals surface area contributed by atoms with Crippen LogP contribution in [0, 0.1) is 17.8 Å². The summed E-state index contributed by atoms with van der Waals surface area (Å²) in [6.07, 6.45) is 10.4. The van der Waals surface area contributed by atoms with E-state index in [1.807, 2.05) is 24.3 Å². The van der Waals surface area contributed by atoms with E-state index in [0.717, 1.165) is 23.9 Å². The summed E-state index contributed by atoms with van der Waals surface area (Å²) in [6.45, 7) is 0.740. The van der Waals surface area contributed by atoms with Crippen molar-refractivity contribution in [3.8, 4) is 11.4 Å². The van der Waals surface area contributed by atoms with E-state index in [0.29, 0.717) is 17.4 Å². The Labute approximate surface area is 141 Å². The standard InChI is InChI=1S/C19H21N3O2/c1-24-18-5-3-2-4-17(18)22-12-16(11-21-22)19(23)20-10-15-9-13-6-7-14(15)8-13/h2-7,11-15H,8-10H2,1H3,(H,20,23)/t13-,14+,15+/m1/s1. The molecule has 1 heterocycles. The molecule has 0 saturated heterocycles. The molecule has 0 radical (unpaired) electrons. The minimum Gasteiger partial charge on any atom is -0.494 e. The van der Waals surface area contributed by atoms with E-state index in [4.69, 9.17) is 4.74 Å². The number of carbonyl (C=O) groups excluding carboxylic acids is 1. The number of nitrogens with one attached hydrogen (secondary N) is 1. The second-order valence-corrected chi connectivity index (χ2v) is 6.60. The SMILES string of the molecule is COc1ccccc1-n1cc(C(=O)NC[C@@H]2C[C@@H]3C=C[C@H]2C3)cn1. The monoisotopic (exact) mass is 323 g/mol. The second-order valence-electron chi connectivity index (χ2n) is 6.60. The van der Waals surface area contributed by atoms with E-state index in [2.05, 4.69) is 22.6 Å². The number of para-hydroxylation sites is 2. The topological polar surface area (TPSA) is 56.1 Å². The van der Waals surface area contributed by atoms with Gasteiger partial charge >= 0.3 is 0 Å². The number of benzene rings is 1. The van der Waals surface area contributed by atoms with Crippen molar-refractivity contribution in [1.29, 1.82) is 0 Å². The molecular weight excluding hydrogens is 302 g/mol. The van der Waals surface area contributed by atoms with Gasteiger partial charge < -0.3 is 10.1 Å². The first-order valence-electron chi connectivity index (χ1n) is 8.39. The molecule has 5 heteroatoms. The first-order valence-corrected chi connectivity index (χ1v) is 8.39. The van der Waals surface area contributed by atoms with Gasteiger partial charge in [-0.25, -0.2) is 4.68 Å². The van der Waals surface area contributed by atoms with Gasteiger partial charge in [-0.15, -0.1) is 0 Å². The predicted molar refractivity (Wildman–Crippen MR) is 91.3 cm³/mol. The van der Waals surface area contributed by atoms with Crippen LogP contribution in [0.5, 0.6) is 5.75 Å². The van der Waals surface area contributed by atoms with Crippen LogP contribution in [0.2, 0.25) is 0 Å². The third-order valence-electron chi connectivity index (χ3n) is 5.12. The van der Waals surface area contributed by atoms with Crippen LogP contribution in [0.4, 0.5) is 0 Å². The van der Waals surface area contributed by atoms with E-state index in [9.17, 15) is 4.79 Å². The zero-order chi connectivity index (χ0) is 16.5. The molecule has 0 spiro atoms. The van der Waals surface area contributed by atoms with Gasteiger partial charge in [0.15, 0.2) is 0 Å². The summed E-state index contributed by atoms with van der Waals surface area (Å²) in [6, 6.07) is 7.61. The van der Waals surface area contributed by atoms with Crippen LogP contribution >= 0.6 is 0 Å². The van der Waals surface area contributed by atoms with Gasteiger partial charge in [0.2, 0.25) is 0 Å². The number of hydrogen-bond acceptors (Lipinski definition) is 3. The second kappa shape index (κ2) is 6.15. The van der Waals surface area contributed by atoms with Crippen molar-refractivity contribution in [2.45, 2.75) is 12.8 Å². The molecule has 3 atom stereocenters. The lowest BCUT2D eigenvalue weighted by Gasteiger charge is -2.18. The van der Waals surface area contributed by atoms with Crippen molar-refractivity contribution in [3.05, 3.63) is 54.4 Å². The molecule has 1 fully saturated rings. The van der Waals surface area contributed by atoms with Crippen molar-refractivity contribution in [1.82, 2.24) is 15.1 Å². The highest BCUT2D eigenvalue weighted by Gasteiger charge is 2.35. The molecule has 1 amide bonds. The average Bonchev–Trinajstić information content (AvgIpc) is 3.35. The van der Waals surface area contributed by atoms with Crippen LogP contribution < -0.4 is 10.1 Å². The summed E-state index contributed by atoms with van der Waals surface area (Å²) < 4.78 is 7.02. The summed E-state index contributed by atoms with van der Waals surface area (Å²) >= 11 is 0. The Morgan fingerprint density at radius 1 is 1.33 bits per heavy atom. The molecule has 124 valence electrons. The summed E-state index contributed by atoms with van der Waals surface area (Å²) in [4.78, 5) is 12.4. The molecule has 1 saturated carbocycles. The quantitative estimate of drug-likeness (QED) is 0.861. The first-order chi connectivity index (χ1) is 11.7. The fourth-order valence-electron chi connectivity index (χ4n) is 3.85. The highest BCUT2D eigenvalue weighted by molar-refractivity contribution is 5.93. The highest BCUT2D eigenvalue weighted by atomic mass is 16.5. The molecule has 1 aromatic heterocycles. The number of allylic oxidation sites excluding steroid dienone is 2. The minimum absolute atomic E-state index is 0.0668. The Kier molecular flexibility index (Phi) is 3.84. The van der Waals surface area contributed by atoms with Gasteiger partial charge in [-0.1, -0.05) is 24.3 Å². The fourth-order valence-corrected chi connectivity index (χ4v) is 3.85. The van der Waals surface area contributed by atoms with E-state index >= 15 is 0 Å². The number of ether oxygens (including phenoxy) is 1. The zero-order valence-electron chi connectivity index (χ0n) is 13.7. The Morgan fingerprint density at radius 2 is 2.21 bits per heavy atom. The van der Waals surface area contributed by atoms with Gasteiger partial charge in [0.1, 0.15) is 11.4 Å². The fraction of sp³-hybridized carbons (Fsp3) is 0.368. The Morgan fingerprint density at radius 3 is 2.96 bits per heavy atom. The van der Waals surface area contributed by atoms with Gasteiger partial charge in [0.05, 0.1) is 18.9 Å². The van der Waals surface area contributed by atoms with Crippen LogP contribution in [0.1, 0.15) is 23.2 Å². The van der Waals surface area contributed by atoms with E-state index < -0.39 is 0 Å². The van der Waals surface area contributed by atoms with Crippen LogP contribution in [0.15, 0.2) is 48.8 Å². The van der Waals surface area contributed by atoms with Crippen LogP contribution in [-0.2, 0) is 0 Å². The molecule has 2 aromatic rings. The third-order valence-corrected chi connectivity index (χ3v) is 5.12. The maximum Gasteiger partial charge on any atom is 0.254 e. The van der Waals surface area contributed by atoms with Crippen molar-refractivity contribution in [2.75, 3.05) is 13.7 Å². The molecule has 24 heavy (non-hydrogen) atoms. The minimum atomic E-state index is -0.0668. The molecule has 0 unspecified atom stereocenters. The van der Waals surface area contributed by atoms with E-state index in [-0.39, 0.29) is 5.91 Å². The number of fused-ring (bicyclic) bond motifs is 2. The van der Waals surface area contributed by atoms with Crippen LogP contribution in [-0.4, -0.2) is 29.3 Å². The molecule has 5 nitrogen and oxygen atoms in total. The van der Waals surface area contributed by atoms with Crippen LogP contribution in [0.3, 0.4) is 0 Å². The Balaban J connectivity index is 1.42. The number of nitrogens with zero attached hydrogens (tertiary/aromatic N) is 2. The first kappa shape index (κ1) is 15.0. The van der Waals surface area contributed by atoms with Crippen molar-refractivity contribution in [2.24, 2.45) is 17.8 Å². The number of aromatic nitrogens is 2. The Bertz CT molecular complexity index is 780. The Hall–Kier alpha value is -2.56. The molecule has 1 N–H and O–H groups in total. The number of rotatable bonds is 5. The van der Waals surface area contributed by atoms with Crippen molar-refractivity contribution in [3.63, 3.8) is 0 Å². The van der Waals surface area contributed by atoms with E-state index in [1.54, 1.807) is 24.2 Å². The van der Waals surface area contributed by atoms with Crippen molar-refractivity contribution < 1.29 is 9.53 Å². The average molecular weight is 323 g/mol. The van der Waals surface area contributed by atoms with Gasteiger partial charge in [-0.05, 0) is 42.7 Å². The van der Waals surface area contributed by atoms with Gasteiger partial charge in [0.25, 0.3) is 5.91 Å². The van der Waals surface area contributed by atoms with Gasteiger partial charge in [0, 0.05) is 12.7 Å². The predicted octanol–water partition coefficient (Wildman–Crippen LogP) is 2.82. The highest BCUT2D eigenvalue weighted by Crippen LogP contribution is 2.42.